The monoisotopic (exact) mass is 522 g/mol. The molecule has 0 aromatic heterocycles. The second-order valence-electron chi connectivity index (χ2n) is 16.2. The smallest absolute Gasteiger partial charge is 0.333 e. The summed E-state index contributed by atoms with van der Waals surface area (Å²) in [6, 6.07) is 0. The first-order valence-electron chi connectivity index (χ1n) is 15.8. The van der Waals surface area contributed by atoms with Crippen LogP contribution in [0.25, 0.3) is 0 Å². The SMILES string of the molecule is C=C1C[C@H]([C@]23CC[C@@H](C(=C)C)[C@@H]2[C@H]2CC[C@@H]4[C@@]5(C)CC[C@H](OC)C(C)(C)[C@@H]5CC[C@@]4(C)[C@]2(C)CC3)OC1=O. The van der Waals surface area contributed by atoms with E-state index in [2.05, 4.69) is 54.7 Å². The average molecular weight is 523 g/mol. The number of cyclic esters (lactones) is 1. The van der Waals surface area contributed by atoms with Gasteiger partial charge >= 0.3 is 5.97 Å². The summed E-state index contributed by atoms with van der Waals surface area (Å²) >= 11 is 0. The van der Waals surface area contributed by atoms with Crippen LogP contribution < -0.4 is 0 Å². The van der Waals surface area contributed by atoms with Gasteiger partial charge in [-0.2, -0.15) is 0 Å². The lowest BCUT2D eigenvalue weighted by molar-refractivity contribution is -0.254. The zero-order chi connectivity index (χ0) is 27.5. The molecule has 6 rings (SSSR count). The van der Waals surface area contributed by atoms with Crippen LogP contribution in [0.2, 0.25) is 0 Å². The molecule has 0 bridgehead atoms. The standard InChI is InChI=1S/C35H54O3/c1-21(2)23-12-17-35(28-20-22(3)30(36)38-28)19-18-33(7)24(29(23)35)10-11-26-32(6)15-14-27(37-9)31(4,5)25(32)13-16-34(26,33)8/h23-29H,1,3,10-20H2,2,4-9H3/t23-,24+,25-,26+,27-,28+,29+,32-,33+,34+,35+/m0/s1. The first-order chi connectivity index (χ1) is 17.8. The summed E-state index contributed by atoms with van der Waals surface area (Å²) in [7, 11) is 1.93. The highest BCUT2D eigenvalue weighted by molar-refractivity contribution is 5.90. The van der Waals surface area contributed by atoms with Crippen molar-refractivity contribution in [3.63, 3.8) is 0 Å². The van der Waals surface area contributed by atoms with Crippen molar-refractivity contribution in [2.75, 3.05) is 7.11 Å². The second kappa shape index (κ2) is 8.46. The van der Waals surface area contributed by atoms with Gasteiger partial charge in [-0.05, 0) is 122 Å². The third-order valence-electron chi connectivity index (χ3n) is 15.0. The first-order valence-corrected chi connectivity index (χ1v) is 15.8. The van der Waals surface area contributed by atoms with E-state index in [-0.39, 0.29) is 22.9 Å². The Morgan fingerprint density at radius 3 is 2.26 bits per heavy atom. The molecular weight excluding hydrogens is 468 g/mol. The maximum absolute atomic E-state index is 12.5. The van der Waals surface area contributed by atoms with Crippen molar-refractivity contribution in [1.82, 2.24) is 0 Å². The van der Waals surface area contributed by atoms with Crippen molar-refractivity contribution in [3.8, 4) is 0 Å². The van der Waals surface area contributed by atoms with Crippen LogP contribution in [0.15, 0.2) is 24.3 Å². The minimum absolute atomic E-state index is 0.0188. The Labute approximate surface area is 232 Å². The molecule has 6 aliphatic rings. The van der Waals surface area contributed by atoms with E-state index in [1.165, 1.54) is 69.8 Å². The molecule has 1 aliphatic heterocycles. The highest BCUT2D eigenvalue weighted by atomic mass is 16.6. The molecule has 3 nitrogen and oxygen atoms in total. The Balaban J connectivity index is 1.39. The molecule has 0 spiro atoms. The molecular formula is C35H54O3. The molecule has 0 N–H and O–H groups in total. The van der Waals surface area contributed by atoms with Gasteiger partial charge in [0.1, 0.15) is 6.10 Å². The van der Waals surface area contributed by atoms with Crippen LogP contribution >= 0.6 is 0 Å². The molecule has 5 aliphatic carbocycles. The van der Waals surface area contributed by atoms with Crippen LogP contribution in [-0.2, 0) is 14.3 Å². The van der Waals surface area contributed by atoms with Gasteiger partial charge in [-0.1, -0.05) is 53.3 Å². The third-order valence-corrected chi connectivity index (χ3v) is 15.0. The van der Waals surface area contributed by atoms with Gasteiger partial charge < -0.3 is 9.47 Å². The predicted molar refractivity (Wildman–Crippen MR) is 153 cm³/mol. The molecule has 0 aromatic carbocycles. The van der Waals surface area contributed by atoms with E-state index in [1.54, 1.807) is 0 Å². The summed E-state index contributed by atoms with van der Waals surface area (Å²) in [6.07, 6.45) is 13.8. The molecule has 11 atom stereocenters. The molecule has 1 heterocycles. The maximum atomic E-state index is 12.5. The Morgan fingerprint density at radius 1 is 0.895 bits per heavy atom. The van der Waals surface area contributed by atoms with Crippen LogP contribution in [0.4, 0.5) is 0 Å². The topological polar surface area (TPSA) is 35.5 Å². The summed E-state index contributed by atoms with van der Waals surface area (Å²) in [4.78, 5) is 12.5. The van der Waals surface area contributed by atoms with E-state index in [1.807, 2.05) is 7.11 Å². The highest BCUT2D eigenvalue weighted by Crippen LogP contribution is 2.78. The quantitative estimate of drug-likeness (QED) is 0.212. The van der Waals surface area contributed by atoms with Gasteiger partial charge in [0.25, 0.3) is 0 Å². The summed E-state index contributed by atoms with van der Waals surface area (Å²) < 4.78 is 12.2. The van der Waals surface area contributed by atoms with E-state index < -0.39 is 0 Å². The molecule has 0 unspecified atom stereocenters. The summed E-state index contributed by atoms with van der Waals surface area (Å²) in [6.45, 7) is 24.0. The third kappa shape index (κ3) is 3.21. The average Bonchev–Trinajstić information content (AvgIpc) is 3.40. The number of hydrogen-bond donors (Lipinski definition) is 0. The van der Waals surface area contributed by atoms with Gasteiger partial charge in [-0.3, -0.25) is 0 Å². The van der Waals surface area contributed by atoms with E-state index in [4.69, 9.17) is 9.47 Å². The van der Waals surface area contributed by atoms with Crippen molar-refractivity contribution >= 4 is 5.97 Å². The number of carbonyl (C=O) groups excluding carboxylic acids is 1. The van der Waals surface area contributed by atoms with Crippen LogP contribution in [-0.4, -0.2) is 25.3 Å². The van der Waals surface area contributed by atoms with E-state index in [0.29, 0.717) is 45.7 Å². The fraction of sp³-hybridized carbons (Fsp3) is 0.857. The molecule has 38 heavy (non-hydrogen) atoms. The lowest BCUT2D eigenvalue weighted by Gasteiger charge is -2.73. The number of hydrogen-bond acceptors (Lipinski definition) is 3. The normalized spacial score (nSPS) is 53.4. The lowest BCUT2D eigenvalue weighted by Crippen LogP contribution is -2.67. The summed E-state index contributed by atoms with van der Waals surface area (Å²) in [5.74, 6) is 3.16. The molecule has 5 saturated carbocycles. The van der Waals surface area contributed by atoms with Gasteiger partial charge in [-0.25, -0.2) is 4.79 Å². The molecule has 0 radical (unpaired) electrons. The van der Waals surface area contributed by atoms with Crippen molar-refractivity contribution in [2.45, 2.75) is 124 Å². The summed E-state index contributed by atoms with van der Waals surface area (Å²) in [5, 5.41) is 0. The molecule has 3 heteroatoms. The minimum Gasteiger partial charge on any atom is -0.458 e. The lowest BCUT2D eigenvalue weighted by atomic mass is 9.32. The van der Waals surface area contributed by atoms with Gasteiger partial charge in [0.05, 0.1) is 6.10 Å². The number of carbonyl (C=O) groups is 1. The van der Waals surface area contributed by atoms with Gasteiger partial charge in [-0.15, -0.1) is 0 Å². The maximum Gasteiger partial charge on any atom is 0.333 e. The first kappa shape index (κ1) is 27.1. The van der Waals surface area contributed by atoms with Crippen molar-refractivity contribution < 1.29 is 14.3 Å². The molecule has 0 aromatic rings. The Kier molecular flexibility index (Phi) is 6.04. The minimum atomic E-state index is -0.147. The predicted octanol–water partition coefficient (Wildman–Crippen LogP) is 8.53. The number of fused-ring (bicyclic) bond motifs is 7. The fourth-order valence-electron chi connectivity index (χ4n) is 13.0. The van der Waals surface area contributed by atoms with Crippen molar-refractivity contribution in [1.29, 1.82) is 0 Å². The molecule has 212 valence electrons. The number of esters is 1. The van der Waals surface area contributed by atoms with Crippen LogP contribution in [0.5, 0.6) is 0 Å². The van der Waals surface area contributed by atoms with Gasteiger partial charge in [0.2, 0.25) is 0 Å². The van der Waals surface area contributed by atoms with Gasteiger partial charge in [0, 0.05) is 24.5 Å². The zero-order valence-corrected chi connectivity index (χ0v) is 25.5. The van der Waals surface area contributed by atoms with Crippen LogP contribution in [0.1, 0.15) is 112 Å². The number of methoxy groups -OCH3 is 1. The van der Waals surface area contributed by atoms with Crippen LogP contribution in [0, 0.1) is 56.7 Å². The number of allylic oxidation sites excluding steroid dienone is 1. The number of ether oxygens (including phenoxy) is 2. The second-order valence-corrected chi connectivity index (χ2v) is 16.2. The van der Waals surface area contributed by atoms with Crippen molar-refractivity contribution in [3.05, 3.63) is 24.3 Å². The fourth-order valence-corrected chi connectivity index (χ4v) is 13.0. The van der Waals surface area contributed by atoms with E-state index in [0.717, 1.165) is 18.3 Å². The van der Waals surface area contributed by atoms with E-state index in [9.17, 15) is 4.79 Å². The largest absolute Gasteiger partial charge is 0.458 e. The zero-order valence-electron chi connectivity index (χ0n) is 25.5. The van der Waals surface area contributed by atoms with Gasteiger partial charge in [0.15, 0.2) is 0 Å². The number of rotatable bonds is 3. The molecule has 6 fully saturated rings. The molecule has 1 saturated heterocycles. The Morgan fingerprint density at radius 2 is 1.63 bits per heavy atom. The van der Waals surface area contributed by atoms with Crippen LogP contribution in [0.3, 0.4) is 0 Å². The molecule has 0 amide bonds. The highest BCUT2D eigenvalue weighted by Gasteiger charge is 2.72. The van der Waals surface area contributed by atoms with Crippen molar-refractivity contribution in [2.24, 2.45) is 56.7 Å². The Hall–Kier alpha value is -1.09. The summed E-state index contributed by atoms with van der Waals surface area (Å²) in [5.41, 5.74) is 3.42. The Bertz CT molecular complexity index is 1030. The van der Waals surface area contributed by atoms with E-state index >= 15 is 0 Å².